The van der Waals surface area contributed by atoms with Crippen molar-refractivity contribution in [1.82, 2.24) is 21.3 Å². The first kappa shape index (κ1) is 29.1. The molecule has 5 rings (SSSR count). The van der Waals surface area contributed by atoms with Gasteiger partial charge in [-0.15, -0.1) is 0 Å². The summed E-state index contributed by atoms with van der Waals surface area (Å²) in [6, 6.07) is 18.5. The van der Waals surface area contributed by atoms with Crippen molar-refractivity contribution in [3.63, 3.8) is 0 Å². The quantitative estimate of drug-likeness (QED) is 0.213. The van der Waals surface area contributed by atoms with Crippen molar-refractivity contribution < 1.29 is 19.1 Å². The van der Waals surface area contributed by atoms with Gasteiger partial charge in [0.2, 0.25) is 11.8 Å². The lowest BCUT2D eigenvalue weighted by molar-refractivity contribution is -0.121. The van der Waals surface area contributed by atoms with Gasteiger partial charge < -0.3 is 30.9 Å². The molecule has 0 aliphatic carbocycles. The van der Waals surface area contributed by atoms with Gasteiger partial charge in [0.05, 0.1) is 24.3 Å². The molecule has 220 valence electrons. The number of urea groups is 1. The van der Waals surface area contributed by atoms with Gasteiger partial charge in [-0.2, -0.15) is 11.8 Å². The standard InChI is InChI=1S/C31H41N5O4S/c37-28(15-9-14-27-30-23(21-41-27)34-31(39)35-30)32-17-7-2-8-18-33-29(38)20-36-19-16-25(22-10-3-1-4-11-22)40-26-13-6-5-12-24(26)36/h1,3-6,10-13,23,25,27,30H,2,7-9,14-21H2,(H,32,37)(H,33,38)(H2,34,35,39)/t23-,25+,27-,30-/m0/s1. The van der Waals surface area contributed by atoms with Gasteiger partial charge in [0.15, 0.2) is 0 Å². The smallest absolute Gasteiger partial charge is 0.315 e. The summed E-state index contributed by atoms with van der Waals surface area (Å²) in [7, 11) is 0. The van der Waals surface area contributed by atoms with Gasteiger partial charge in [-0.1, -0.05) is 42.5 Å². The minimum Gasteiger partial charge on any atom is -0.483 e. The number of carbonyl (C=O) groups excluding carboxylic acids is 3. The number of fused-ring (bicyclic) bond motifs is 2. The zero-order valence-corrected chi connectivity index (χ0v) is 24.3. The highest BCUT2D eigenvalue weighted by Crippen LogP contribution is 2.37. The van der Waals surface area contributed by atoms with E-state index in [0.29, 0.717) is 31.3 Å². The number of para-hydroxylation sites is 2. The van der Waals surface area contributed by atoms with Gasteiger partial charge >= 0.3 is 6.03 Å². The molecular formula is C31H41N5O4S. The van der Waals surface area contributed by atoms with Gasteiger partial charge in [-0.3, -0.25) is 9.59 Å². The zero-order chi connectivity index (χ0) is 28.4. The third kappa shape index (κ3) is 8.09. The molecule has 3 heterocycles. The second kappa shape index (κ2) is 14.5. The maximum absolute atomic E-state index is 12.8. The molecule has 4 atom stereocenters. The summed E-state index contributed by atoms with van der Waals surface area (Å²) in [5, 5.41) is 12.4. The molecule has 4 N–H and O–H groups in total. The number of unbranched alkanes of at least 4 members (excludes halogenated alkanes) is 2. The average molecular weight is 580 g/mol. The number of hydrogen-bond donors (Lipinski definition) is 4. The van der Waals surface area contributed by atoms with Crippen LogP contribution in [-0.4, -0.2) is 67.1 Å². The van der Waals surface area contributed by atoms with Crippen LogP contribution in [0.2, 0.25) is 0 Å². The summed E-state index contributed by atoms with van der Waals surface area (Å²) in [6.45, 7) is 2.31. The Kier molecular flexibility index (Phi) is 10.3. The zero-order valence-electron chi connectivity index (χ0n) is 23.5. The van der Waals surface area contributed by atoms with Gasteiger partial charge in [0, 0.05) is 43.5 Å². The van der Waals surface area contributed by atoms with Crippen molar-refractivity contribution >= 4 is 35.3 Å². The fraction of sp³-hybridized carbons (Fsp3) is 0.516. The van der Waals surface area contributed by atoms with Crippen LogP contribution in [0.25, 0.3) is 0 Å². The van der Waals surface area contributed by atoms with E-state index in [1.807, 2.05) is 54.2 Å². The molecule has 4 amide bonds. The summed E-state index contributed by atoms with van der Waals surface area (Å²) in [6.07, 6.45) is 5.74. The molecule has 9 nitrogen and oxygen atoms in total. The molecular weight excluding hydrogens is 538 g/mol. The van der Waals surface area contributed by atoms with Gasteiger partial charge in [0.1, 0.15) is 11.9 Å². The molecule has 2 aromatic rings. The first-order chi connectivity index (χ1) is 20.1. The van der Waals surface area contributed by atoms with Crippen molar-refractivity contribution in [2.24, 2.45) is 0 Å². The molecule has 41 heavy (non-hydrogen) atoms. The Morgan fingerprint density at radius 2 is 1.68 bits per heavy atom. The van der Waals surface area contributed by atoms with Crippen molar-refractivity contribution in [2.45, 2.75) is 68.4 Å². The number of thioether (sulfide) groups is 1. The van der Waals surface area contributed by atoms with E-state index in [4.69, 9.17) is 4.74 Å². The first-order valence-corrected chi connectivity index (χ1v) is 15.9. The summed E-state index contributed by atoms with van der Waals surface area (Å²) in [4.78, 5) is 38.6. The number of benzene rings is 2. The number of carbonyl (C=O) groups is 3. The van der Waals surface area contributed by atoms with Crippen LogP contribution in [0.5, 0.6) is 5.75 Å². The van der Waals surface area contributed by atoms with E-state index in [1.54, 1.807) is 0 Å². The maximum atomic E-state index is 12.8. The van der Waals surface area contributed by atoms with Crippen LogP contribution in [0, 0.1) is 0 Å². The molecule has 10 heteroatoms. The topological polar surface area (TPSA) is 112 Å². The molecule has 0 aromatic heterocycles. The largest absolute Gasteiger partial charge is 0.483 e. The molecule has 0 spiro atoms. The van der Waals surface area contributed by atoms with Crippen molar-refractivity contribution in [1.29, 1.82) is 0 Å². The number of ether oxygens (including phenoxy) is 1. The van der Waals surface area contributed by atoms with Crippen LogP contribution in [0.1, 0.15) is 56.6 Å². The second-order valence-electron chi connectivity index (χ2n) is 11.0. The molecule has 0 saturated carbocycles. The van der Waals surface area contributed by atoms with Crippen LogP contribution in [-0.2, 0) is 9.59 Å². The summed E-state index contributed by atoms with van der Waals surface area (Å²) < 4.78 is 6.35. The van der Waals surface area contributed by atoms with E-state index in [-0.39, 0.29) is 36.0 Å². The Bertz CT molecular complexity index is 1180. The SMILES string of the molecule is O=C(CCC[C@@H]1SC[C@@H]2NC(=O)N[C@@H]21)NCCCCCNC(=O)CN1CC[C@H](c2ccccc2)Oc2ccccc21. The second-order valence-corrected chi connectivity index (χ2v) is 12.2. The van der Waals surface area contributed by atoms with Crippen molar-refractivity contribution in [2.75, 3.05) is 36.8 Å². The van der Waals surface area contributed by atoms with Crippen LogP contribution >= 0.6 is 11.8 Å². The molecule has 2 aromatic carbocycles. The predicted octanol–water partition coefficient (Wildman–Crippen LogP) is 3.76. The van der Waals surface area contributed by atoms with Crippen molar-refractivity contribution in [3.8, 4) is 5.75 Å². The molecule has 0 radical (unpaired) electrons. The lowest BCUT2D eigenvalue weighted by Gasteiger charge is -2.23. The monoisotopic (exact) mass is 579 g/mol. The predicted molar refractivity (Wildman–Crippen MR) is 162 cm³/mol. The van der Waals surface area contributed by atoms with E-state index >= 15 is 0 Å². The van der Waals surface area contributed by atoms with Crippen molar-refractivity contribution in [3.05, 3.63) is 60.2 Å². The number of amides is 4. The third-order valence-electron chi connectivity index (χ3n) is 7.97. The number of rotatable bonds is 13. The fourth-order valence-electron chi connectivity index (χ4n) is 5.80. The van der Waals surface area contributed by atoms with E-state index in [2.05, 4.69) is 38.3 Å². The van der Waals surface area contributed by atoms with E-state index in [1.165, 1.54) is 0 Å². The van der Waals surface area contributed by atoms with Crippen LogP contribution < -0.4 is 30.9 Å². The molecule has 2 saturated heterocycles. The lowest BCUT2D eigenvalue weighted by atomic mass is 10.0. The first-order valence-electron chi connectivity index (χ1n) is 14.8. The highest BCUT2D eigenvalue weighted by atomic mass is 32.2. The number of hydrogen-bond acceptors (Lipinski definition) is 6. The normalized spacial score (nSPS) is 22.9. The minimum absolute atomic E-state index is 0.00552. The van der Waals surface area contributed by atoms with Gasteiger partial charge in [-0.25, -0.2) is 4.79 Å². The summed E-state index contributed by atoms with van der Waals surface area (Å²) >= 11 is 1.88. The average Bonchev–Trinajstić information content (AvgIpc) is 3.47. The van der Waals surface area contributed by atoms with Gasteiger partial charge in [0.25, 0.3) is 0 Å². The third-order valence-corrected chi connectivity index (χ3v) is 9.48. The Morgan fingerprint density at radius 3 is 2.51 bits per heavy atom. The van der Waals surface area contributed by atoms with Crippen LogP contribution in [0.3, 0.4) is 0 Å². The number of nitrogens with one attached hydrogen (secondary N) is 4. The van der Waals surface area contributed by atoms with Gasteiger partial charge in [-0.05, 0) is 49.8 Å². The summed E-state index contributed by atoms with van der Waals surface area (Å²) in [5.41, 5.74) is 2.09. The van der Waals surface area contributed by atoms with E-state index < -0.39 is 0 Å². The fourth-order valence-corrected chi connectivity index (χ4v) is 7.34. The molecule has 0 unspecified atom stereocenters. The van der Waals surface area contributed by atoms with E-state index in [0.717, 1.165) is 67.8 Å². The Balaban J connectivity index is 0.934. The molecule has 0 bridgehead atoms. The number of nitrogens with zero attached hydrogens (tertiary/aromatic N) is 1. The van der Waals surface area contributed by atoms with E-state index in [9.17, 15) is 14.4 Å². The highest BCUT2D eigenvalue weighted by Gasteiger charge is 2.42. The Labute approximate surface area is 246 Å². The highest BCUT2D eigenvalue weighted by molar-refractivity contribution is 8.00. The molecule has 2 fully saturated rings. The molecule has 3 aliphatic heterocycles. The summed E-state index contributed by atoms with van der Waals surface area (Å²) in [5.74, 6) is 1.84. The van der Waals surface area contributed by atoms with Crippen LogP contribution in [0.15, 0.2) is 54.6 Å². The maximum Gasteiger partial charge on any atom is 0.315 e. The lowest BCUT2D eigenvalue weighted by Crippen LogP contribution is -2.38. The van der Waals surface area contributed by atoms with Crippen LogP contribution in [0.4, 0.5) is 10.5 Å². The Morgan fingerprint density at radius 1 is 0.927 bits per heavy atom. The minimum atomic E-state index is -0.0712. The Hall–Kier alpha value is -3.40. The molecule has 3 aliphatic rings. The number of anilines is 1.